The fraction of sp³-hybridized carbons (Fsp3) is 0.0952. The Balaban J connectivity index is 1.36. The minimum atomic E-state index is -0.168. The first-order valence-electron chi connectivity index (χ1n) is 8.55. The summed E-state index contributed by atoms with van der Waals surface area (Å²) >= 11 is 1.49. The fourth-order valence-electron chi connectivity index (χ4n) is 2.77. The number of fused-ring (bicyclic) bond motifs is 1. The van der Waals surface area contributed by atoms with Gasteiger partial charge < -0.3 is 9.73 Å². The van der Waals surface area contributed by atoms with Crippen LogP contribution in [0.5, 0.6) is 0 Å². The van der Waals surface area contributed by atoms with E-state index < -0.39 is 0 Å². The second-order valence-corrected chi connectivity index (χ2v) is 6.86. The summed E-state index contributed by atoms with van der Waals surface area (Å²) in [5.41, 5.74) is 1.82. The van der Waals surface area contributed by atoms with Crippen LogP contribution in [0.3, 0.4) is 0 Å². The van der Waals surface area contributed by atoms with E-state index in [4.69, 9.17) is 4.42 Å². The highest BCUT2D eigenvalue weighted by molar-refractivity contribution is 7.98. The molecule has 0 unspecified atom stereocenters. The molecule has 27 heavy (non-hydrogen) atoms. The SMILES string of the molecule is O=C(NCc1nnc(SCc2cccc3ccccc23)o1)c1ccccc1. The molecule has 3 aromatic carbocycles. The normalized spacial score (nSPS) is 10.8. The molecule has 0 aliphatic heterocycles. The average Bonchev–Trinajstić information content (AvgIpc) is 3.19. The number of hydrogen-bond acceptors (Lipinski definition) is 5. The maximum Gasteiger partial charge on any atom is 0.276 e. The molecule has 4 aromatic rings. The summed E-state index contributed by atoms with van der Waals surface area (Å²) in [6.07, 6.45) is 0. The molecular formula is C21H17N3O2S. The molecule has 0 atom stereocenters. The molecule has 134 valence electrons. The number of carbonyl (C=O) groups is 1. The van der Waals surface area contributed by atoms with Gasteiger partial charge in [-0.05, 0) is 28.5 Å². The standard InChI is InChI=1S/C21H17N3O2S/c25-20(16-8-2-1-3-9-16)22-13-19-23-24-21(26-19)27-14-17-11-6-10-15-7-4-5-12-18(15)17/h1-12H,13-14H2,(H,22,25). The van der Waals surface area contributed by atoms with Crippen LogP contribution < -0.4 is 5.32 Å². The highest BCUT2D eigenvalue weighted by Crippen LogP contribution is 2.26. The van der Waals surface area contributed by atoms with Crippen molar-refractivity contribution in [1.29, 1.82) is 0 Å². The van der Waals surface area contributed by atoms with Gasteiger partial charge >= 0.3 is 0 Å². The van der Waals surface area contributed by atoms with E-state index >= 15 is 0 Å². The molecule has 0 saturated heterocycles. The third-order valence-corrected chi connectivity index (χ3v) is 4.98. The fourth-order valence-corrected chi connectivity index (χ4v) is 3.56. The zero-order valence-electron chi connectivity index (χ0n) is 14.5. The number of thioether (sulfide) groups is 1. The van der Waals surface area contributed by atoms with E-state index in [1.807, 2.05) is 30.3 Å². The van der Waals surface area contributed by atoms with Gasteiger partial charge in [0.2, 0.25) is 5.89 Å². The zero-order chi connectivity index (χ0) is 18.5. The van der Waals surface area contributed by atoms with Crippen molar-refractivity contribution in [2.24, 2.45) is 0 Å². The maximum atomic E-state index is 12.1. The minimum Gasteiger partial charge on any atom is -0.414 e. The second kappa shape index (κ2) is 8.05. The number of hydrogen-bond donors (Lipinski definition) is 1. The molecule has 0 radical (unpaired) electrons. The third kappa shape index (κ3) is 4.17. The number of nitrogens with one attached hydrogen (secondary N) is 1. The highest BCUT2D eigenvalue weighted by Gasteiger charge is 2.10. The summed E-state index contributed by atoms with van der Waals surface area (Å²) in [4.78, 5) is 12.1. The molecule has 6 heteroatoms. The second-order valence-electron chi connectivity index (χ2n) is 5.94. The predicted octanol–water partition coefficient (Wildman–Crippen LogP) is 4.45. The van der Waals surface area contributed by atoms with Gasteiger partial charge in [-0.25, -0.2) is 0 Å². The number of nitrogens with zero attached hydrogens (tertiary/aromatic N) is 2. The van der Waals surface area contributed by atoms with Crippen LogP contribution in [0.1, 0.15) is 21.8 Å². The minimum absolute atomic E-state index is 0.168. The molecule has 0 spiro atoms. The van der Waals surface area contributed by atoms with Crippen LogP contribution in [-0.4, -0.2) is 16.1 Å². The lowest BCUT2D eigenvalue weighted by Crippen LogP contribution is -2.22. The van der Waals surface area contributed by atoms with Crippen molar-refractivity contribution in [3.63, 3.8) is 0 Å². The van der Waals surface area contributed by atoms with Crippen molar-refractivity contribution in [2.45, 2.75) is 17.5 Å². The van der Waals surface area contributed by atoms with Crippen LogP contribution in [0.2, 0.25) is 0 Å². The largest absolute Gasteiger partial charge is 0.414 e. The van der Waals surface area contributed by atoms with Gasteiger partial charge in [0.05, 0.1) is 6.54 Å². The summed E-state index contributed by atoms with van der Waals surface area (Å²) in [7, 11) is 0. The van der Waals surface area contributed by atoms with E-state index in [1.165, 1.54) is 28.1 Å². The summed E-state index contributed by atoms with van der Waals surface area (Å²) in [5.74, 6) is 0.956. The van der Waals surface area contributed by atoms with Gasteiger partial charge in [-0.15, -0.1) is 10.2 Å². The molecule has 1 N–H and O–H groups in total. The first-order chi connectivity index (χ1) is 13.3. The number of rotatable bonds is 6. The monoisotopic (exact) mass is 375 g/mol. The zero-order valence-corrected chi connectivity index (χ0v) is 15.3. The number of benzene rings is 3. The van der Waals surface area contributed by atoms with Gasteiger partial charge in [0.25, 0.3) is 11.1 Å². The van der Waals surface area contributed by atoms with Gasteiger partial charge in [0.1, 0.15) is 0 Å². The summed E-state index contributed by atoms with van der Waals surface area (Å²) < 4.78 is 5.63. The first kappa shape index (κ1) is 17.3. The Hall–Kier alpha value is -3.12. The maximum absolute atomic E-state index is 12.1. The Kier molecular flexibility index (Phi) is 5.16. The van der Waals surface area contributed by atoms with Crippen LogP contribution >= 0.6 is 11.8 Å². The molecular weight excluding hydrogens is 358 g/mol. The summed E-state index contributed by atoms with van der Waals surface area (Å²) in [6.45, 7) is 0.204. The van der Waals surface area contributed by atoms with Gasteiger partial charge in [-0.2, -0.15) is 0 Å². The van der Waals surface area contributed by atoms with Crippen LogP contribution in [0, 0.1) is 0 Å². The Bertz CT molecular complexity index is 1060. The first-order valence-corrected chi connectivity index (χ1v) is 9.53. The summed E-state index contributed by atoms with van der Waals surface area (Å²) in [6, 6.07) is 23.6. The van der Waals surface area contributed by atoms with Gasteiger partial charge in [-0.3, -0.25) is 4.79 Å². The van der Waals surface area contributed by atoms with E-state index in [0.717, 1.165) is 5.75 Å². The van der Waals surface area contributed by atoms with E-state index in [-0.39, 0.29) is 12.5 Å². The lowest BCUT2D eigenvalue weighted by molar-refractivity contribution is 0.0946. The lowest BCUT2D eigenvalue weighted by atomic mass is 10.1. The van der Waals surface area contributed by atoms with Crippen molar-refractivity contribution in [3.8, 4) is 0 Å². The molecule has 0 aliphatic carbocycles. The number of aromatic nitrogens is 2. The van der Waals surface area contributed by atoms with E-state index in [2.05, 4.69) is 45.8 Å². The van der Waals surface area contributed by atoms with Crippen molar-refractivity contribution >= 4 is 28.4 Å². The van der Waals surface area contributed by atoms with Gasteiger partial charge in [-0.1, -0.05) is 72.4 Å². The van der Waals surface area contributed by atoms with Crippen molar-refractivity contribution in [3.05, 3.63) is 89.8 Å². The molecule has 0 bridgehead atoms. The van der Waals surface area contributed by atoms with E-state index in [0.29, 0.717) is 16.7 Å². The van der Waals surface area contributed by atoms with Crippen molar-refractivity contribution < 1.29 is 9.21 Å². The Morgan fingerprint density at radius 2 is 1.70 bits per heavy atom. The quantitative estimate of drug-likeness (QED) is 0.505. The van der Waals surface area contributed by atoms with Crippen LogP contribution in [0.25, 0.3) is 10.8 Å². The molecule has 4 rings (SSSR count). The molecule has 1 aromatic heterocycles. The molecule has 0 saturated carbocycles. The Morgan fingerprint density at radius 1 is 0.926 bits per heavy atom. The Morgan fingerprint density at radius 3 is 2.59 bits per heavy atom. The van der Waals surface area contributed by atoms with Crippen LogP contribution in [0.15, 0.2) is 82.4 Å². The molecule has 1 heterocycles. The number of carbonyl (C=O) groups excluding carboxylic acids is 1. The predicted molar refractivity (Wildman–Crippen MR) is 105 cm³/mol. The van der Waals surface area contributed by atoms with Crippen LogP contribution in [-0.2, 0) is 12.3 Å². The highest BCUT2D eigenvalue weighted by atomic mass is 32.2. The molecule has 5 nitrogen and oxygen atoms in total. The van der Waals surface area contributed by atoms with Crippen molar-refractivity contribution in [1.82, 2.24) is 15.5 Å². The molecule has 0 aliphatic rings. The smallest absolute Gasteiger partial charge is 0.276 e. The molecule has 1 amide bonds. The average molecular weight is 375 g/mol. The number of amides is 1. The molecule has 0 fully saturated rings. The Labute approximate surface area is 160 Å². The van der Waals surface area contributed by atoms with Gasteiger partial charge in [0.15, 0.2) is 0 Å². The topological polar surface area (TPSA) is 68.0 Å². The van der Waals surface area contributed by atoms with Crippen molar-refractivity contribution in [2.75, 3.05) is 0 Å². The van der Waals surface area contributed by atoms with E-state index in [1.54, 1.807) is 12.1 Å². The van der Waals surface area contributed by atoms with Gasteiger partial charge in [0, 0.05) is 11.3 Å². The third-order valence-electron chi connectivity index (χ3n) is 4.12. The van der Waals surface area contributed by atoms with Crippen LogP contribution in [0.4, 0.5) is 0 Å². The lowest BCUT2D eigenvalue weighted by Gasteiger charge is -2.04. The summed E-state index contributed by atoms with van der Waals surface area (Å²) in [5, 5.41) is 13.8. The van der Waals surface area contributed by atoms with E-state index in [9.17, 15) is 4.79 Å².